The molecule has 0 spiro atoms. The highest BCUT2D eigenvalue weighted by atomic mass is 127. The Kier molecular flexibility index (Phi) is 11.4. The lowest BCUT2D eigenvalue weighted by Crippen LogP contribution is -2.36. The molecule has 0 fully saturated rings. The molecule has 0 unspecified atom stereocenters. The Morgan fingerprint density at radius 3 is 2.44 bits per heavy atom. The second-order valence-corrected chi connectivity index (χ2v) is 7.98. The lowest BCUT2D eigenvalue weighted by molar-refractivity contribution is 0.171. The Morgan fingerprint density at radius 1 is 1.00 bits per heavy atom. The van der Waals surface area contributed by atoms with Gasteiger partial charge in [-0.2, -0.15) is 5.10 Å². The van der Waals surface area contributed by atoms with Crippen LogP contribution in [0.3, 0.4) is 0 Å². The molecule has 1 heterocycles. The van der Waals surface area contributed by atoms with Gasteiger partial charge in [0.15, 0.2) is 5.96 Å². The molecule has 0 amide bonds. The normalized spacial score (nSPS) is 11.1. The maximum Gasteiger partial charge on any atom is 0.191 e. The van der Waals surface area contributed by atoms with E-state index in [0.717, 1.165) is 40.8 Å². The van der Waals surface area contributed by atoms with E-state index in [9.17, 15) is 0 Å². The third-order valence-electron chi connectivity index (χ3n) is 5.52. The summed E-state index contributed by atoms with van der Waals surface area (Å²) in [5.74, 6) is 1.62. The van der Waals surface area contributed by atoms with Crippen LogP contribution in [0.25, 0.3) is 5.69 Å². The van der Waals surface area contributed by atoms with Crippen LogP contribution in [-0.4, -0.2) is 43.1 Å². The Hall–Kier alpha value is -2.59. The molecule has 0 aliphatic heterocycles. The summed E-state index contributed by atoms with van der Waals surface area (Å²) >= 11 is 0. The minimum atomic E-state index is 0. The maximum absolute atomic E-state index is 6.00. The summed E-state index contributed by atoms with van der Waals surface area (Å²) in [6.45, 7) is 8.77. The minimum absolute atomic E-state index is 0. The summed E-state index contributed by atoms with van der Waals surface area (Å²) in [5, 5.41) is 11.6. The largest absolute Gasteiger partial charge is 0.493 e. The standard InChI is InChI=1S/C26H35N5O2.HI/c1-19-12-13-22(25(16-19)33-15-9-14-32-5)17-28-26(27-4)29-18-24-20(2)30-31(21(24)3)23-10-7-6-8-11-23;/h6-8,10-13,16H,9,14-15,17-18H2,1-5H3,(H2,27,28,29);1H. The maximum atomic E-state index is 6.00. The molecule has 0 saturated heterocycles. The van der Waals surface area contributed by atoms with Crippen LogP contribution in [0.1, 0.15) is 34.5 Å². The topological polar surface area (TPSA) is 72.7 Å². The van der Waals surface area contributed by atoms with Gasteiger partial charge in [0.05, 0.1) is 18.0 Å². The Labute approximate surface area is 220 Å². The number of nitrogens with zero attached hydrogens (tertiary/aromatic N) is 3. The number of aryl methyl sites for hydroxylation is 2. The number of guanidine groups is 1. The predicted molar refractivity (Wildman–Crippen MR) is 149 cm³/mol. The van der Waals surface area contributed by atoms with Gasteiger partial charge in [0.25, 0.3) is 0 Å². The number of para-hydroxylation sites is 1. The molecule has 3 aromatic rings. The van der Waals surface area contributed by atoms with Gasteiger partial charge in [0.2, 0.25) is 0 Å². The van der Waals surface area contributed by atoms with E-state index in [4.69, 9.17) is 14.6 Å². The van der Waals surface area contributed by atoms with Crippen molar-refractivity contribution in [1.82, 2.24) is 20.4 Å². The van der Waals surface area contributed by atoms with Crippen molar-refractivity contribution in [2.24, 2.45) is 4.99 Å². The van der Waals surface area contributed by atoms with E-state index in [1.807, 2.05) is 29.8 Å². The molecule has 2 aromatic carbocycles. The fraction of sp³-hybridized carbons (Fsp3) is 0.385. The van der Waals surface area contributed by atoms with Gasteiger partial charge in [-0.15, -0.1) is 24.0 Å². The lowest BCUT2D eigenvalue weighted by Gasteiger charge is -2.16. The lowest BCUT2D eigenvalue weighted by atomic mass is 10.1. The van der Waals surface area contributed by atoms with Crippen molar-refractivity contribution in [3.05, 3.63) is 76.6 Å². The van der Waals surface area contributed by atoms with E-state index >= 15 is 0 Å². The highest BCUT2D eigenvalue weighted by molar-refractivity contribution is 14.0. The summed E-state index contributed by atoms with van der Waals surface area (Å²) in [6, 6.07) is 16.5. The smallest absolute Gasteiger partial charge is 0.191 e. The molecule has 2 N–H and O–H groups in total. The highest BCUT2D eigenvalue weighted by Crippen LogP contribution is 2.21. The third-order valence-corrected chi connectivity index (χ3v) is 5.52. The molecular weight excluding hydrogens is 541 g/mol. The number of benzene rings is 2. The quantitative estimate of drug-likeness (QED) is 0.158. The van der Waals surface area contributed by atoms with Crippen molar-refractivity contribution in [1.29, 1.82) is 0 Å². The summed E-state index contributed by atoms with van der Waals surface area (Å²) in [5.41, 5.74) is 6.61. The van der Waals surface area contributed by atoms with Crippen LogP contribution >= 0.6 is 24.0 Å². The van der Waals surface area contributed by atoms with E-state index in [0.29, 0.717) is 26.3 Å². The third kappa shape index (κ3) is 7.46. The number of hydrogen-bond acceptors (Lipinski definition) is 4. The van der Waals surface area contributed by atoms with Crippen LogP contribution in [0.15, 0.2) is 53.5 Å². The number of ether oxygens (including phenoxy) is 2. The zero-order valence-electron chi connectivity index (χ0n) is 20.7. The predicted octanol–water partition coefficient (Wildman–Crippen LogP) is 4.70. The van der Waals surface area contributed by atoms with Crippen LogP contribution in [0.5, 0.6) is 5.75 Å². The van der Waals surface area contributed by atoms with Gasteiger partial charge in [-0.3, -0.25) is 4.99 Å². The molecule has 0 aliphatic carbocycles. The zero-order valence-corrected chi connectivity index (χ0v) is 23.1. The van der Waals surface area contributed by atoms with Crippen LogP contribution in [0, 0.1) is 20.8 Å². The molecule has 34 heavy (non-hydrogen) atoms. The number of hydrogen-bond donors (Lipinski definition) is 2. The van der Waals surface area contributed by atoms with E-state index < -0.39 is 0 Å². The van der Waals surface area contributed by atoms with Gasteiger partial charge in [-0.05, 0) is 44.5 Å². The van der Waals surface area contributed by atoms with Crippen molar-refractivity contribution in [3.8, 4) is 11.4 Å². The fourth-order valence-electron chi connectivity index (χ4n) is 3.65. The minimum Gasteiger partial charge on any atom is -0.493 e. The van der Waals surface area contributed by atoms with Crippen LogP contribution in [-0.2, 0) is 17.8 Å². The first-order chi connectivity index (χ1) is 16.0. The molecule has 0 bridgehead atoms. The van der Waals surface area contributed by atoms with Gasteiger partial charge in [0.1, 0.15) is 5.75 Å². The van der Waals surface area contributed by atoms with Gasteiger partial charge < -0.3 is 20.1 Å². The number of aliphatic imine (C=N–C) groups is 1. The molecule has 0 aliphatic rings. The second kappa shape index (κ2) is 14.0. The first-order valence-corrected chi connectivity index (χ1v) is 11.3. The Balaban J connectivity index is 0.00000408. The van der Waals surface area contributed by atoms with E-state index in [1.54, 1.807) is 14.2 Å². The molecule has 8 heteroatoms. The van der Waals surface area contributed by atoms with E-state index in [2.05, 4.69) is 59.8 Å². The summed E-state index contributed by atoms with van der Waals surface area (Å²) in [6.07, 6.45) is 0.857. The average molecular weight is 578 g/mol. The first kappa shape index (κ1) is 27.7. The van der Waals surface area contributed by atoms with Crippen molar-refractivity contribution in [2.75, 3.05) is 27.4 Å². The number of rotatable bonds is 10. The van der Waals surface area contributed by atoms with Crippen LogP contribution in [0.4, 0.5) is 0 Å². The van der Waals surface area contributed by atoms with Crippen LogP contribution in [0.2, 0.25) is 0 Å². The number of nitrogens with one attached hydrogen (secondary N) is 2. The fourth-order valence-corrected chi connectivity index (χ4v) is 3.65. The first-order valence-electron chi connectivity index (χ1n) is 11.3. The zero-order chi connectivity index (χ0) is 23.6. The van der Waals surface area contributed by atoms with E-state index in [1.165, 1.54) is 11.1 Å². The second-order valence-electron chi connectivity index (χ2n) is 7.98. The monoisotopic (exact) mass is 577 g/mol. The number of aromatic nitrogens is 2. The van der Waals surface area contributed by atoms with Crippen molar-refractivity contribution in [2.45, 2.75) is 40.3 Å². The number of methoxy groups -OCH3 is 1. The van der Waals surface area contributed by atoms with Crippen molar-refractivity contribution >= 4 is 29.9 Å². The Morgan fingerprint density at radius 2 is 1.74 bits per heavy atom. The van der Waals surface area contributed by atoms with E-state index in [-0.39, 0.29) is 24.0 Å². The van der Waals surface area contributed by atoms with Gasteiger partial charge >= 0.3 is 0 Å². The molecule has 0 radical (unpaired) electrons. The SMILES string of the molecule is CN=C(NCc1ccc(C)cc1OCCCOC)NCc1c(C)nn(-c2ccccc2)c1C.I. The Bertz CT molecular complexity index is 1070. The summed E-state index contributed by atoms with van der Waals surface area (Å²) in [4.78, 5) is 4.39. The van der Waals surface area contributed by atoms with Crippen LogP contribution < -0.4 is 15.4 Å². The number of halogens is 1. The van der Waals surface area contributed by atoms with Gasteiger partial charge in [-0.25, -0.2) is 4.68 Å². The molecular formula is C26H36IN5O2. The molecule has 184 valence electrons. The average Bonchev–Trinajstić information content (AvgIpc) is 3.11. The van der Waals surface area contributed by atoms with Gasteiger partial charge in [0, 0.05) is 57.1 Å². The summed E-state index contributed by atoms with van der Waals surface area (Å²) < 4.78 is 13.1. The molecule has 3 rings (SSSR count). The molecule has 0 atom stereocenters. The molecule has 7 nitrogen and oxygen atoms in total. The van der Waals surface area contributed by atoms with Crippen molar-refractivity contribution in [3.63, 3.8) is 0 Å². The van der Waals surface area contributed by atoms with Crippen molar-refractivity contribution < 1.29 is 9.47 Å². The summed E-state index contributed by atoms with van der Waals surface area (Å²) in [7, 11) is 3.48. The van der Waals surface area contributed by atoms with Gasteiger partial charge in [-0.1, -0.05) is 30.3 Å². The molecule has 0 saturated carbocycles. The molecule has 1 aromatic heterocycles. The highest BCUT2D eigenvalue weighted by Gasteiger charge is 2.13.